The predicted molar refractivity (Wildman–Crippen MR) is 106 cm³/mol. The van der Waals surface area contributed by atoms with E-state index in [0.29, 0.717) is 12.0 Å². The van der Waals surface area contributed by atoms with Gasteiger partial charge in [0.05, 0.1) is 0 Å². The van der Waals surface area contributed by atoms with E-state index in [9.17, 15) is 24.4 Å². The Kier molecular flexibility index (Phi) is 8.96. The van der Waals surface area contributed by atoms with Gasteiger partial charge in [0.15, 0.2) is 5.78 Å². The summed E-state index contributed by atoms with van der Waals surface area (Å²) in [6, 6.07) is 0. The van der Waals surface area contributed by atoms with Crippen LogP contribution in [0.25, 0.3) is 0 Å². The Morgan fingerprint density at radius 1 is 1.29 bits per heavy atom. The van der Waals surface area contributed by atoms with E-state index in [2.05, 4.69) is 4.52 Å². The Hall–Kier alpha value is 0.780. The van der Waals surface area contributed by atoms with Gasteiger partial charge in [0.25, 0.3) is 0 Å². The molecule has 0 saturated heterocycles. The number of ketones is 2. The molecule has 178 valence electrons. The Labute approximate surface area is 242 Å². The third-order valence-corrected chi connectivity index (χ3v) is 9.40. The second-order valence-corrected chi connectivity index (χ2v) is 11.5. The number of halogens is 1. The van der Waals surface area contributed by atoms with Gasteiger partial charge < -0.3 is 20.0 Å². The first-order valence-electron chi connectivity index (χ1n) is 10.8. The Morgan fingerprint density at radius 3 is 2.50 bits per heavy atom. The largest absolute Gasteiger partial charge is 1.00 e. The van der Waals surface area contributed by atoms with Crippen molar-refractivity contribution in [2.45, 2.75) is 63.8 Å². The summed E-state index contributed by atoms with van der Waals surface area (Å²) >= 11 is 0. The van der Waals surface area contributed by atoms with Crippen molar-refractivity contribution in [1.29, 1.82) is 0 Å². The molecule has 3 fully saturated rings. The first kappa shape index (κ1) is 31.0. The number of hydrogen-bond donors (Lipinski definition) is 2. The van der Waals surface area contributed by atoms with Gasteiger partial charge in [-0.3, -0.25) is 14.1 Å². The third kappa shape index (κ3) is 4.20. The smallest absolute Gasteiger partial charge is 0.850 e. The van der Waals surface area contributed by atoms with Crippen molar-refractivity contribution in [3.05, 3.63) is 23.8 Å². The molecule has 0 amide bonds. The monoisotopic (exact) mass is 516 g/mol. The molecule has 0 bridgehead atoms. The summed E-state index contributed by atoms with van der Waals surface area (Å²) in [5.74, 6) is -3.38. The zero-order chi connectivity index (χ0) is 23.9. The van der Waals surface area contributed by atoms with Crippen molar-refractivity contribution >= 4 is 19.4 Å². The van der Waals surface area contributed by atoms with Crippen LogP contribution in [-0.4, -0.2) is 45.3 Å². The molecule has 12 heteroatoms. The van der Waals surface area contributed by atoms with Crippen LogP contribution >= 0.6 is 7.82 Å². The van der Waals surface area contributed by atoms with Crippen LogP contribution in [0, 0.1) is 28.6 Å². The van der Waals surface area contributed by atoms with Crippen LogP contribution in [0.3, 0.4) is 0 Å². The number of carbonyl (C=O) groups is 2. The molecular formula is C22H28FNa2O8P. The molecule has 0 aromatic carbocycles. The van der Waals surface area contributed by atoms with Crippen molar-refractivity contribution in [3.63, 3.8) is 0 Å². The van der Waals surface area contributed by atoms with E-state index in [1.165, 1.54) is 18.2 Å². The van der Waals surface area contributed by atoms with Crippen molar-refractivity contribution in [3.8, 4) is 0 Å². The molecule has 2 N–H and O–H groups in total. The van der Waals surface area contributed by atoms with Gasteiger partial charge in [0.2, 0.25) is 0 Å². The van der Waals surface area contributed by atoms with Gasteiger partial charge in [-0.1, -0.05) is 38.0 Å². The fourth-order valence-electron chi connectivity index (χ4n) is 7.34. The minimum Gasteiger partial charge on any atom is -0.850 e. The molecule has 0 heterocycles. The van der Waals surface area contributed by atoms with Gasteiger partial charge in [-0.2, -0.15) is 0 Å². The molecule has 0 aliphatic heterocycles. The SMILES string of the molecule is C[C@@H]1CC2C3CCC4=CC(=O)C=C[C@]4(C)[C@@]3(F)[C@@H]([O-])C[C@]2(C)[C@@]1([O-])C(=O)COP(=O)(O)O.[Na+].[Na+]. The quantitative estimate of drug-likeness (QED) is 0.279. The molecule has 8 nitrogen and oxygen atoms in total. The van der Waals surface area contributed by atoms with E-state index in [-0.39, 0.29) is 84.2 Å². The number of carbonyl (C=O) groups excluding carboxylic acids is 2. The molecule has 3 saturated carbocycles. The number of hydrogen-bond acceptors (Lipinski definition) is 6. The van der Waals surface area contributed by atoms with E-state index in [4.69, 9.17) is 9.79 Å². The summed E-state index contributed by atoms with van der Waals surface area (Å²) in [4.78, 5) is 42.7. The number of allylic oxidation sites excluding steroid dienone is 4. The number of rotatable bonds is 4. The minimum absolute atomic E-state index is 0. The molecule has 4 rings (SSSR count). The summed E-state index contributed by atoms with van der Waals surface area (Å²) in [6.07, 6.45) is 2.89. The number of phosphoric acid groups is 1. The zero-order valence-corrected chi connectivity index (χ0v) is 25.1. The fourth-order valence-corrected chi connectivity index (χ4v) is 7.62. The predicted octanol–water partition coefficient (Wildman–Crippen LogP) is -5.24. The van der Waals surface area contributed by atoms with Crippen LogP contribution in [0.5, 0.6) is 0 Å². The van der Waals surface area contributed by atoms with Gasteiger partial charge in [0, 0.05) is 5.41 Å². The van der Waals surface area contributed by atoms with E-state index < -0.39 is 66.2 Å². The molecule has 0 aromatic rings. The number of phosphoric ester groups is 1. The van der Waals surface area contributed by atoms with Gasteiger partial charge in [-0.25, -0.2) is 8.96 Å². The maximum atomic E-state index is 16.9. The fraction of sp³-hybridized carbons (Fsp3) is 0.727. The van der Waals surface area contributed by atoms with Gasteiger partial charge >= 0.3 is 66.9 Å². The van der Waals surface area contributed by atoms with Crippen molar-refractivity contribution in [1.82, 2.24) is 0 Å². The average molecular weight is 516 g/mol. The molecule has 4 aliphatic carbocycles. The first-order valence-corrected chi connectivity index (χ1v) is 12.4. The molecule has 8 atom stereocenters. The average Bonchev–Trinajstić information content (AvgIpc) is 2.89. The van der Waals surface area contributed by atoms with Crippen molar-refractivity contribution < 1.29 is 102 Å². The molecular weight excluding hydrogens is 488 g/mol. The van der Waals surface area contributed by atoms with Crippen LogP contribution in [0.4, 0.5) is 4.39 Å². The second kappa shape index (κ2) is 9.83. The first-order chi connectivity index (χ1) is 14.6. The second-order valence-electron chi connectivity index (χ2n) is 10.3. The molecule has 0 spiro atoms. The molecule has 0 aromatic heterocycles. The number of fused-ring (bicyclic) bond motifs is 5. The maximum Gasteiger partial charge on any atom is 1.00 e. The van der Waals surface area contributed by atoms with Gasteiger partial charge in [0.1, 0.15) is 18.1 Å². The molecule has 2 unspecified atom stereocenters. The van der Waals surface area contributed by atoms with Crippen LogP contribution in [0.15, 0.2) is 23.8 Å². The Morgan fingerprint density at radius 2 is 1.91 bits per heavy atom. The van der Waals surface area contributed by atoms with Crippen LogP contribution < -0.4 is 69.3 Å². The maximum absolute atomic E-state index is 16.9. The summed E-state index contributed by atoms with van der Waals surface area (Å²) in [5, 5.41) is 27.6. The van der Waals surface area contributed by atoms with E-state index in [0.717, 1.165) is 0 Å². The molecule has 34 heavy (non-hydrogen) atoms. The summed E-state index contributed by atoms with van der Waals surface area (Å²) in [5.41, 5.74) is -6.62. The molecule has 4 aliphatic rings. The third-order valence-electron chi connectivity index (χ3n) is 8.93. The van der Waals surface area contributed by atoms with E-state index in [1.807, 2.05) is 0 Å². The zero-order valence-electron chi connectivity index (χ0n) is 20.2. The Balaban J connectivity index is 0.00000204. The standard InChI is InChI=1S/C22H28FO8P.2Na/c1-12-8-16-15-5-4-13-9-14(24)6-7-19(13,2)21(15,23)17(25)10-20(16,3)22(12,27)18(26)11-31-32(28,29)30;;/h6-7,9,12,15-17H,4-5,8,10-11H2,1-3H3,(H2,28,29,30);;/q-2;2*+1/t12-,15?,16?,17+,19+,20+,21+,22+;;/m1../s1. The van der Waals surface area contributed by atoms with Crippen molar-refractivity contribution in [2.75, 3.05) is 6.61 Å². The summed E-state index contributed by atoms with van der Waals surface area (Å²) in [6.45, 7) is 3.68. The summed E-state index contributed by atoms with van der Waals surface area (Å²) in [7, 11) is -4.97. The van der Waals surface area contributed by atoms with Crippen LogP contribution in [0.2, 0.25) is 0 Å². The number of alkyl halides is 1. The normalized spacial score (nSPS) is 45.2. The minimum atomic E-state index is -4.97. The topological polar surface area (TPSA) is 147 Å². The van der Waals surface area contributed by atoms with Crippen LogP contribution in [0.1, 0.15) is 46.5 Å². The number of Topliss-reactive ketones (excluding diaryl/α,β-unsaturated/α-hetero) is 1. The van der Waals surface area contributed by atoms with E-state index >= 15 is 4.39 Å². The van der Waals surface area contributed by atoms with Gasteiger partial charge in [-0.15, -0.1) is 0 Å². The van der Waals surface area contributed by atoms with Gasteiger partial charge in [-0.05, 0) is 67.1 Å². The Bertz CT molecular complexity index is 984. The summed E-state index contributed by atoms with van der Waals surface area (Å²) < 4.78 is 32.3. The van der Waals surface area contributed by atoms with Crippen molar-refractivity contribution in [2.24, 2.45) is 28.6 Å². The molecule has 0 radical (unpaired) electrons. The van der Waals surface area contributed by atoms with Crippen LogP contribution in [-0.2, 0) is 18.7 Å². The van der Waals surface area contributed by atoms with E-state index in [1.54, 1.807) is 20.8 Å².